The molecule has 1 aromatic carbocycles. The lowest BCUT2D eigenvalue weighted by atomic mass is 9.92. The van der Waals surface area contributed by atoms with E-state index in [0.717, 1.165) is 4.57 Å². The number of fused-ring (bicyclic) bond motifs is 1. The van der Waals surface area contributed by atoms with Gasteiger partial charge in [-0.05, 0) is 17.9 Å². The van der Waals surface area contributed by atoms with Crippen LogP contribution in [-0.4, -0.2) is 21.2 Å². The lowest BCUT2D eigenvalue weighted by molar-refractivity contribution is -0.132. The van der Waals surface area contributed by atoms with Crippen molar-refractivity contribution in [2.24, 2.45) is 0 Å². The predicted octanol–water partition coefficient (Wildman–Crippen LogP) is 1.57. The molecule has 0 bridgehead atoms. The normalized spacial score (nSPS) is 19.5. The number of hydrogen-bond donors (Lipinski definition) is 1. The largest absolute Gasteiger partial charge is 0.494 e. The summed E-state index contributed by atoms with van der Waals surface area (Å²) in [7, 11) is 0. The Kier molecular flexibility index (Phi) is 2.89. The number of aromatic hydroxyl groups is 1. The number of ketones is 2. The second kappa shape index (κ2) is 4.59. The van der Waals surface area contributed by atoms with E-state index < -0.39 is 11.6 Å². The van der Waals surface area contributed by atoms with Gasteiger partial charge in [0, 0.05) is 17.9 Å². The number of nitrogens with zero attached hydrogens (tertiary/aromatic N) is 1. The monoisotopic (exact) mass is 271 g/mol. The number of pyridine rings is 1. The topological polar surface area (TPSA) is 76.4 Å². The summed E-state index contributed by atoms with van der Waals surface area (Å²) < 4.78 is 1.11. The summed E-state index contributed by atoms with van der Waals surface area (Å²) in [6.45, 7) is 0. The Bertz CT molecular complexity index is 775. The molecule has 1 atom stereocenters. The maximum absolute atomic E-state index is 12.1. The molecule has 5 nitrogen and oxygen atoms in total. The van der Waals surface area contributed by atoms with E-state index in [1.54, 1.807) is 24.3 Å². The number of carbonyl (C=O) groups is 2. The van der Waals surface area contributed by atoms with E-state index >= 15 is 0 Å². The zero-order valence-corrected chi connectivity index (χ0v) is 10.7. The molecular weight excluding hydrogens is 258 g/mol. The van der Waals surface area contributed by atoms with E-state index in [1.807, 2.05) is 0 Å². The number of aromatic nitrogens is 1. The van der Waals surface area contributed by atoms with Crippen molar-refractivity contribution in [2.75, 3.05) is 0 Å². The smallest absolute Gasteiger partial charge is 0.254 e. The van der Waals surface area contributed by atoms with Crippen molar-refractivity contribution in [2.45, 2.75) is 25.3 Å². The van der Waals surface area contributed by atoms with Crippen molar-refractivity contribution in [3.05, 3.63) is 40.7 Å². The van der Waals surface area contributed by atoms with Gasteiger partial charge in [0.05, 0.1) is 12.5 Å². The van der Waals surface area contributed by atoms with Crippen molar-refractivity contribution >= 4 is 22.3 Å². The molecule has 5 heteroatoms. The quantitative estimate of drug-likeness (QED) is 0.799. The summed E-state index contributed by atoms with van der Waals surface area (Å²) >= 11 is 0. The zero-order chi connectivity index (χ0) is 14.3. The van der Waals surface area contributed by atoms with Crippen LogP contribution in [0.2, 0.25) is 0 Å². The summed E-state index contributed by atoms with van der Waals surface area (Å²) in [5, 5.41) is 11.4. The number of hydrogen-bond acceptors (Lipinski definition) is 4. The van der Waals surface area contributed by atoms with Crippen molar-refractivity contribution in [1.29, 1.82) is 0 Å². The van der Waals surface area contributed by atoms with Crippen LogP contribution >= 0.6 is 0 Å². The highest BCUT2D eigenvalue weighted by molar-refractivity contribution is 6.03. The first-order chi connectivity index (χ1) is 9.58. The van der Waals surface area contributed by atoms with Gasteiger partial charge < -0.3 is 5.11 Å². The van der Waals surface area contributed by atoms with Crippen molar-refractivity contribution in [1.82, 2.24) is 4.57 Å². The standard InChI is InChI=1S/C15H13NO4/c17-10-5-6-12(13(18)8-10)16-14(19)7-9-3-1-2-4-11(9)15(16)20/h1-4,7,12,20H,5-6,8H2. The maximum atomic E-state index is 12.1. The van der Waals surface area contributed by atoms with Crippen molar-refractivity contribution in [3.8, 4) is 5.88 Å². The van der Waals surface area contributed by atoms with Gasteiger partial charge in [0.1, 0.15) is 5.78 Å². The first-order valence-corrected chi connectivity index (χ1v) is 6.45. The molecule has 0 spiro atoms. The molecule has 3 rings (SSSR count). The van der Waals surface area contributed by atoms with Crippen LogP contribution in [0.15, 0.2) is 35.1 Å². The third-order valence-electron chi connectivity index (χ3n) is 3.70. The van der Waals surface area contributed by atoms with E-state index in [2.05, 4.69) is 0 Å². The van der Waals surface area contributed by atoms with E-state index in [1.165, 1.54) is 6.07 Å². The highest BCUT2D eigenvalue weighted by Crippen LogP contribution is 2.29. The number of benzene rings is 1. The first kappa shape index (κ1) is 12.6. The molecule has 1 N–H and O–H groups in total. The summed E-state index contributed by atoms with van der Waals surface area (Å²) in [6.07, 6.45) is 0.363. The van der Waals surface area contributed by atoms with Gasteiger partial charge in [-0.2, -0.15) is 0 Å². The van der Waals surface area contributed by atoms with Gasteiger partial charge in [-0.25, -0.2) is 0 Å². The molecular formula is C15H13NO4. The van der Waals surface area contributed by atoms with Crippen LogP contribution in [0.5, 0.6) is 5.88 Å². The molecule has 1 aromatic heterocycles. The van der Waals surface area contributed by atoms with E-state index in [0.29, 0.717) is 10.8 Å². The molecule has 0 radical (unpaired) electrons. The number of Topliss-reactive ketones (excluding diaryl/α,β-unsaturated/α-hetero) is 2. The second-order valence-electron chi connectivity index (χ2n) is 5.00. The first-order valence-electron chi connectivity index (χ1n) is 6.45. The van der Waals surface area contributed by atoms with Crippen LogP contribution in [0.25, 0.3) is 10.8 Å². The summed E-state index contributed by atoms with van der Waals surface area (Å²) in [5.74, 6) is -0.630. The molecule has 0 amide bonds. The van der Waals surface area contributed by atoms with Crippen LogP contribution < -0.4 is 5.56 Å². The van der Waals surface area contributed by atoms with E-state index in [-0.39, 0.29) is 36.7 Å². The van der Waals surface area contributed by atoms with Crippen LogP contribution in [0.3, 0.4) is 0 Å². The van der Waals surface area contributed by atoms with Crippen molar-refractivity contribution < 1.29 is 14.7 Å². The SMILES string of the molecule is O=C1CCC(n2c(O)c3ccccc3cc2=O)C(=O)C1. The lowest BCUT2D eigenvalue weighted by Gasteiger charge is -2.23. The minimum Gasteiger partial charge on any atom is -0.494 e. The van der Waals surface area contributed by atoms with E-state index in [4.69, 9.17) is 0 Å². The molecule has 2 aromatic rings. The van der Waals surface area contributed by atoms with Gasteiger partial charge in [0.2, 0.25) is 5.88 Å². The van der Waals surface area contributed by atoms with Crippen LogP contribution in [-0.2, 0) is 9.59 Å². The van der Waals surface area contributed by atoms with Gasteiger partial charge in [-0.3, -0.25) is 19.0 Å². The predicted molar refractivity (Wildman–Crippen MR) is 72.8 cm³/mol. The molecule has 1 aliphatic carbocycles. The summed E-state index contributed by atoms with van der Waals surface area (Å²) in [5.41, 5.74) is -0.422. The number of carbonyl (C=O) groups excluding carboxylic acids is 2. The average molecular weight is 271 g/mol. The Labute approximate surface area is 114 Å². The summed E-state index contributed by atoms with van der Waals surface area (Å²) in [4.78, 5) is 35.4. The Morgan fingerprint density at radius 2 is 1.90 bits per heavy atom. The fraction of sp³-hybridized carbons (Fsp3) is 0.267. The number of rotatable bonds is 1. The molecule has 0 aliphatic heterocycles. The van der Waals surface area contributed by atoms with Gasteiger partial charge in [0.25, 0.3) is 5.56 Å². The minimum absolute atomic E-state index is 0.112. The lowest BCUT2D eigenvalue weighted by Crippen LogP contribution is -2.34. The molecule has 0 saturated heterocycles. The molecule has 1 aliphatic rings. The van der Waals surface area contributed by atoms with Crippen LogP contribution in [0.4, 0.5) is 0 Å². The third-order valence-corrected chi connectivity index (χ3v) is 3.70. The maximum Gasteiger partial charge on any atom is 0.254 e. The molecule has 102 valence electrons. The second-order valence-corrected chi connectivity index (χ2v) is 5.00. The zero-order valence-electron chi connectivity index (χ0n) is 10.7. The third kappa shape index (κ3) is 1.91. The molecule has 1 fully saturated rings. The fourth-order valence-electron chi connectivity index (χ4n) is 2.70. The fourth-order valence-corrected chi connectivity index (χ4v) is 2.70. The van der Waals surface area contributed by atoms with Crippen LogP contribution in [0, 0.1) is 0 Å². The van der Waals surface area contributed by atoms with Gasteiger partial charge >= 0.3 is 0 Å². The minimum atomic E-state index is -0.746. The Balaban J connectivity index is 2.19. The Morgan fingerprint density at radius 3 is 2.65 bits per heavy atom. The van der Waals surface area contributed by atoms with Gasteiger partial charge in [-0.1, -0.05) is 18.2 Å². The highest BCUT2D eigenvalue weighted by atomic mass is 16.3. The van der Waals surface area contributed by atoms with Gasteiger partial charge in [0.15, 0.2) is 5.78 Å². The average Bonchev–Trinajstić information content (AvgIpc) is 2.41. The molecule has 1 heterocycles. The van der Waals surface area contributed by atoms with Crippen LogP contribution in [0.1, 0.15) is 25.3 Å². The highest BCUT2D eigenvalue weighted by Gasteiger charge is 2.30. The Hall–Kier alpha value is -2.43. The Morgan fingerprint density at radius 1 is 1.15 bits per heavy atom. The van der Waals surface area contributed by atoms with Crippen molar-refractivity contribution in [3.63, 3.8) is 0 Å². The summed E-state index contributed by atoms with van der Waals surface area (Å²) in [6, 6.07) is 7.61. The van der Waals surface area contributed by atoms with E-state index in [9.17, 15) is 19.5 Å². The molecule has 1 saturated carbocycles. The molecule has 1 unspecified atom stereocenters. The molecule has 20 heavy (non-hydrogen) atoms. The van der Waals surface area contributed by atoms with Gasteiger partial charge in [-0.15, -0.1) is 0 Å².